The van der Waals surface area contributed by atoms with E-state index in [1.165, 1.54) is 0 Å². The Bertz CT molecular complexity index is 133. The number of rotatable bonds is 5. The van der Waals surface area contributed by atoms with Gasteiger partial charge in [-0.25, -0.2) is 0 Å². The molecule has 7 heteroatoms. The fraction of sp³-hybridized carbons (Fsp3) is 1.00. The molecule has 2 aliphatic rings. The molecule has 0 saturated carbocycles. The predicted octanol–water partition coefficient (Wildman–Crippen LogP) is -1.23. The molecule has 7 nitrogen and oxygen atoms in total. The van der Waals surface area contributed by atoms with Crippen molar-refractivity contribution in [2.75, 3.05) is 52.9 Å². The van der Waals surface area contributed by atoms with Crippen molar-refractivity contribution in [2.24, 2.45) is 0 Å². The van der Waals surface area contributed by atoms with Gasteiger partial charge in [0.15, 0.2) is 0 Å². The van der Waals surface area contributed by atoms with Gasteiger partial charge in [0.2, 0.25) is 0 Å². The van der Waals surface area contributed by atoms with Crippen molar-refractivity contribution in [3.63, 3.8) is 0 Å². The van der Waals surface area contributed by atoms with Crippen LogP contribution in [0, 0.1) is 0 Å². The first-order valence-corrected chi connectivity index (χ1v) is 6.44. The highest BCUT2D eigenvalue weighted by Gasteiger charge is 2.20. The van der Waals surface area contributed by atoms with Crippen LogP contribution in [0.3, 0.4) is 0 Å². The molecule has 2 unspecified atom stereocenters. The molecule has 0 radical (unpaired) electrons. The molecular weight excluding hydrogens is 256 g/mol. The standard InChI is InChI=1S/C4H10O.2C3H6O2.C2H6O2/c1-3-5-4-2;2*4-1-3-2-5-3;3-1-2-4/h3-4H2,1-2H3;2*3-4H,1-2H2;3-4H,1-2H2. The zero-order valence-electron chi connectivity index (χ0n) is 11.8. The molecule has 2 atom stereocenters. The Kier molecular flexibility index (Phi) is 19.6. The van der Waals surface area contributed by atoms with E-state index in [0.29, 0.717) is 0 Å². The molecule has 0 aromatic heterocycles. The van der Waals surface area contributed by atoms with Gasteiger partial charge in [-0.2, -0.15) is 0 Å². The lowest BCUT2D eigenvalue weighted by atomic mass is 10.5. The van der Waals surface area contributed by atoms with Crippen molar-refractivity contribution in [1.29, 1.82) is 0 Å². The Morgan fingerprint density at radius 2 is 1.16 bits per heavy atom. The van der Waals surface area contributed by atoms with E-state index in [1.54, 1.807) is 0 Å². The minimum absolute atomic E-state index is 0.125. The van der Waals surface area contributed by atoms with E-state index in [2.05, 4.69) is 9.47 Å². The van der Waals surface area contributed by atoms with Gasteiger partial charge in [-0.3, -0.25) is 0 Å². The van der Waals surface area contributed by atoms with Gasteiger partial charge < -0.3 is 34.6 Å². The van der Waals surface area contributed by atoms with Crippen LogP contribution >= 0.6 is 0 Å². The number of ether oxygens (including phenoxy) is 3. The zero-order valence-corrected chi connectivity index (χ0v) is 11.8. The van der Waals surface area contributed by atoms with Gasteiger partial charge in [0.1, 0.15) is 12.2 Å². The van der Waals surface area contributed by atoms with Crippen LogP contribution in [-0.4, -0.2) is 85.5 Å². The lowest BCUT2D eigenvalue weighted by Crippen LogP contribution is -1.88. The summed E-state index contributed by atoms with van der Waals surface area (Å²) >= 11 is 0. The molecule has 0 aromatic carbocycles. The van der Waals surface area contributed by atoms with E-state index in [4.69, 9.17) is 25.2 Å². The third-order valence-electron chi connectivity index (χ3n) is 1.72. The van der Waals surface area contributed by atoms with Crippen LogP contribution in [0.15, 0.2) is 0 Å². The van der Waals surface area contributed by atoms with Gasteiger partial charge >= 0.3 is 0 Å². The van der Waals surface area contributed by atoms with Crippen molar-refractivity contribution in [3.05, 3.63) is 0 Å². The van der Waals surface area contributed by atoms with E-state index in [9.17, 15) is 0 Å². The maximum atomic E-state index is 8.08. The highest BCUT2D eigenvalue weighted by Crippen LogP contribution is 2.05. The maximum Gasteiger partial charge on any atom is 0.104 e. The Labute approximate surface area is 114 Å². The number of aliphatic hydroxyl groups is 4. The van der Waals surface area contributed by atoms with Crippen molar-refractivity contribution >= 4 is 0 Å². The molecule has 2 heterocycles. The van der Waals surface area contributed by atoms with E-state index in [-0.39, 0.29) is 38.6 Å². The molecule has 2 fully saturated rings. The molecule has 2 saturated heterocycles. The summed E-state index contributed by atoms with van der Waals surface area (Å²) in [6.45, 7) is 7.33. The van der Waals surface area contributed by atoms with Crippen LogP contribution in [0.1, 0.15) is 13.8 Å². The predicted molar refractivity (Wildman–Crippen MR) is 70.0 cm³/mol. The van der Waals surface area contributed by atoms with Gasteiger partial charge in [0.25, 0.3) is 0 Å². The van der Waals surface area contributed by atoms with Crippen molar-refractivity contribution < 1.29 is 34.6 Å². The molecule has 0 aromatic rings. The minimum atomic E-state index is -0.125. The lowest BCUT2D eigenvalue weighted by molar-refractivity contribution is 0.162. The summed E-state index contributed by atoms with van der Waals surface area (Å²) in [6.07, 6.45) is 0.380. The van der Waals surface area contributed by atoms with Crippen molar-refractivity contribution in [1.82, 2.24) is 0 Å². The van der Waals surface area contributed by atoms with Crippen molar-refractivity contribution in [3.8, 4) is 0 Å². The monoisotopic (exact) mass is 284 g/mol. The first-order valence-electron chi connectivity index (χ1n) is 6.44. The Morgan fingerprint density at radius 3 is 1.16 bits per heavy atom. The number of hydrogen-bond donors (Lipinski definition) is 4. The summed E-state index contributed by atoms with van der Waals surface area (Å²) in [5.74, 6) is 0. The summed E-state index contributed by atoms with van der Waals surface area (Å²) in [5.41, 5.74) is 0. The minimum Gasteiger partial charge on any atom is -0.394 e. The fourth-order valence-electron chi connectivity index (χ4n) is 0.551. The lowest BCUT2D eigenvalue weighted by Gasteiger charge is -1.86. The molecule has 0 amide bonds. The molecule has 4 N–H and O–H groups in total. The quantitative estimate of drug-likeness (QED) is 0.467. The maximum absolute atomic E-state index is 8.08. The topological polar surface area (TPSA) is 115 Å². The Balaban J connectivity index is 0. The average molecular weight is 284 g/mol. The Hall–Kier alpha value is -0.280. The second-order valence-corrected chi connectivity index (χ2v) is 3.50. The summed E-state index contributed by atoms with van der Waals surface area (Å²) in [5, 5.41) is 31.4. The highest BCUT2D eigenvalue weighted by atomic mass is 16.6. The first-order chi connectivity index (χ1) is 9.19. The second kappa shape index (κ2) is 17.7. The molecule has 0 bridgehead atoms. The summed E-state index contributed by atoms with van der Waals surface area (Å²) in [7, 11) is 0. The van der Waals surface area contributed by atoms with E-state index in [1.807, 2.05) is 13.8 Å². The molecule has 0 spiro atoms. The first kappa shape index (κ1) is 21.0. The van der Waals surface area contributed by atoms with E-state index < -0.39 is 0 Å². The van der Waals surface area contributed by atoms with Gasteiger partial charge in [-0.15, -0.1) is 0 Å². The van der Waals surface area contributed by atoms with Crippen LogP contribution in [0.5, 0.6) is 0 Å². The summed E-state index contributed by atoms with van der Waals surface area (Å²) < 4.78 is 14.0. The largest absolute Gasteiger partial charge is 0.394 e. The molecule has 118 valence electrons. The smallest absolute Gasteiger partial charge is 0.104 e. The van der Waals surface area contributed by atoms with Crippen molar-refractivity contribution in [2.45, 2.75) is 26.1 Å². The van der Waals surface area contributed by atoms with Crippen LogP contribution in [0.2, 0.25) is 0 Å². The van der Waals surface area contributed by atoms with Crippen LogP contribution in [-0.2, 0) is 14.2 Å². The van der Waals surface area contributed by atoms with Crippen LogP contribution in [0.4, 0.5) is 0 Å². The van der Waals surface area contributed by atoms with Gasteiger partial charge in [-0.1, -0.05) is 0 Å². The number of hydrogen-bond acceptors (Lipinski definition) is 7. The molecule has 0 aliphatic carbocycles. The molecule has 2 aliphatic heterocycles. The van der Waals surface area contributed by atoms with Gasteiger partial charge in [0, 0.05) is 13.2 Å². The SMILES string of the molecule is CCOCC.OCC1CO1.OCC1CO1.OCCO. The van der Waals surface area contributed by atoms with Crippen LogP contribution < -0.4 is 0 Å². The highest BCUT2D eigenvalue weighted by molar-refractivity contribution is 4.65. The molecule has 19 heavy (non-hydrogen) atoms. The van der Waals surface area contributed by atoms with Crippen LogP contribution in [0.25, 0.3) is 0 Å². The third kappa shape index (κ3) is 27.1. The second-order valence-electron chi connectivity index (χ2n) is 3.50. The third-order valence-corrected chi connectivity index (χ3v) is 1.72. The zero-order chi connectivity index (χ0) is 14.9. The molecular formula is C12H28O7. The Morgan fingerprint density at radius 1 is 0.842 bits per heavy atom. The summed E-state index contributed by atoms with van der Waals surface area (Å²) in [6, 6.07) is 0. The summed E-state index contributed by atoms with van der Waals surface area (Å²) in [4.78, 5) is 0. The molecule has 2 rings (SSSR count). The van der Waals surface area contributed by atoms with Gasteiger partial charge in [-0.05, 0) is 13.8 Å². The van der Waals surface area contributed by atoms with Gasteiger partial charge in [0.05, 0.1) is 39.6 Å². The normalized spacial score (nSPS) is 21.8. The van der Waals surface area contributed by atoms with E-state index >= 15 is 0 Å². The fourth-order valence-corrected chi connectivity index (χ4v) is 0.551. The number of epoxide rings is 2. The van der Waals surface area contributed by atoms with E-state index in [0.717, 1.165) is 26.4 Å². The average Bonchev–Trinajstić information content (AvgIpc) is 3.35. The number of aliphatic hydroxyl groups excluding tert-OH is 4.